The first-order valence-corrected chi connectivity index (χ1v) is 9.79. The van der Waals surface area contributed by atoms with Crippen LogP contribution in [0.25, 0.3) is 64.6 Å². The van der Waals surface area contributed by atoms with Crippen molar-refractivity contribution in [3.05, 3.63) is 97.1 Å². The van der Waals surface area contributed by atoms with E-state index in [9.17, 15) is 0 Å². The van der Waals surface area contributed by atoms with Crippen molar-refractivity contribution in [2.24, 2.45) is 0 Å². The van der Waals surface area contributed by atoms with Gasteiger partial charge in [0.2, 0.25) is 0 Å². The molecule has 0 aromatic heterocycles. The van der Waals surface area contributed by atoms with Gasteiger partial charge in [-0.05, 0) is 82.8 Å². The Kier molecular flexibility index (Phi) is 2.57. The molecule has 7 rings (SSSR count). The Morgan fingerprint density at radius 3 is 1.68 bits per heavy atom. The van der Waals surface area contributed by atoms with E-state index in [1.54, 1.807) is 0 Å². The van der Waals surface area contributed by atoms with Gasteiger partial charge >= 0.3 is 0 Å². The fourth-order valence-electron chi connectivity index (χ4n) is 5.10. The summed E-state index contributed by atoms with van der Waals surface area (Å²) in [6.07, 6.45) is 0. The summed E-state index contributed by atoms with van der Waals surface area (Å²) in [7, 11) is 0. The highest BCUT2D eigenvalue weighted by molar-refractivity contribution is 6.37. The predicted molar refractivity (Wildman–Crippen MR) is 123 cm³/mol. The van der Waals surface area contributed by atoms with Crippen molar-refractivity contribution >= 4 is 64.6 Å². The second-order valence-corrected chi connectivity index (χ2v) is 7.78. The Balaban J connectivity index is 1.91. The molecule has 0 spiro atoms. The smallest absolute Gasteiger partial charge is 0.00139 e. The van der Waals surface area contributed by atoms with E-state index in [2.05, 4.69) is 97.1 Å². The van der Waals surface area contributed by atoms with Crippen molar-refractivity contribution in [2.45, 2.75) is 0 Å². The molecule has 0 nitrogen and oxygen atoms in total. The molecule has 0 aliphatic heterocycles. The molecule has 0 aliphatic carbocycles. The highest BCUT2D eigenvalue weighted by Crippen LogP contribution is 2.44. The van der Waals surface area contributed by atoms with E-state index in [0.717, 1.165) is 0 Å². The summed E-state index contributed by atoms with van der Waals surface area (Å²) in [5, 5.41) is 16.1. The van der Waals surface area contributed by atoms with Gasteiger partial charge in [0.15, 0.2) is 0 Å². The van der Waals surface area contributed by atoms with Crippen LogP contribution in [0.3, 0.4) is 0 Å². The van der Waals surface area contributed by atoms with Gasteiger partial charge in [0.05, 0.1) is 0 Å². The largest absolute Gasteiger partial charge is 0.0616 e. The number of benzene rings is 7. The SMILES string of the molecule is c1ccc2cc3c(cc2c1)c1cccc2ccc4c5ccccc5cc3c4c21. The van der Waals surface area contributed by atoms with E-state index < -0.39 is 0 Å². The Morgan fingerprint density at radius 2 is 0.857 bits per heavy atom. The zero-order valence-corrected chi connectivity index (χ0v) is 15.2. The third-order valence-corrected chi connectivity index (χ3v) is 6.33. The molecule has 0 atom stereocenters. The Hall–Kier alpha value is -3.64. The van der Waals surface area contributed by atoms with Crippen LogP contribution in [-0.2, 0) is 0 Å². The topological polar surface area (TPSA) is 0 Å². The predicted octanol–water partition coefficient (Wildman–Crippen LogP) is 8.04. The molecule has 7 aromatic rings. The first kappa shape index (κ1) is 14.4. The summed E-state index contributed by atoms with van der Waals surface area (Å²) < 4.78 is 0. The molecule has 7 aromatic carbocycles. The quantitative estimate of drug-likeness (QED) is 0.191. The first-order valence-electron chi connectivity index (χ1n) is 9.79. The number of hydrogen-bond acceptors (Lipinski definition) is 0. The van der Waals surface area contributed by atoms with Crippen molar-refractivity contribution in [1.82, 2.24) is 0 Å². The van der Waals surface area contributed by atoms with E-state index >= 15 is 0 Å². The first-order chi connectivity index (χ1) is 13.9. The van der Waals surface area contributed by atoms with Crippen LogP contribution < -0.4 is 0 Å². The minimum absolute atomic E-state index is 1.30. The summed E-state index contributed by atoms with van der Waals surface area (Å²) in [5.41, 5.74) is 0. The highest BCUT2D eigenvalue weighted by Gasteiger charge is 2.15. The van der Waals surface area contributed by atoms with Crippen molar-refractivity contribution in [1.29, 1.82) is 0 Å². The monoisotopic (exact) mass is 352 g/mol. The molecule has 0 unspecified atom stereocenters. The van der Waals surface area contributed by atoms with Crippen LogP contribution in [0.5, 0.6) is 0 Å². The van der Waals surface area contributed by atoms with E-state index in [0.29, 0.717) is 0 Å². The number of rotatable bonds is 0. The lowest BCUT2D eigenvalue weighted by Gasteiger charge is -2.17. The molecule has 28 heavy (non-hydrogen) atoms. The highest BCUT2D eigenvalue weighted by atomic mass is 14.2. The molecule has 0 heterocycles. The molecule has 0 bridgehead atoms. The molecular formula is C28H16. The van der Waals surface area contributed by atoms with E-state index in [4.69, 9.17) is 0 Å². The second kappa shape index (κ2) is 4.99. The van der Waals surface area contributed by atoms with Gasteiger partial charge in [0, 0.05) is 0 Å². The summed E-state index contributed by atoms with van der Waals surface area (Å²) in [5.74, 6) is 0. The second-order valence-electron chi connectivity index (χ2n) is 7.78. The molecule has 0 saturated carbocycles. The van der Waals surface area contributed by atoms with Gasteiger partial charge in [0.25, 0.3) is 0 Å². The standard InChI is InChI=1S/C28H16/c1-2-7-19-15-25-24(14-18(19)6-1)22-11-5-9-17-12-13-23-21-10-4-3-8-20(21)16-26(25)28(23)27(17)22/h1-16H. The molecule has 0 fully saturated rings. The molecule has 0 aliphatic rings. The lowest BCUT2D eigenvalue weighted by Crippen LogP contribution is -1.89. The van der Waals surface area contributed by atoms with Gasteiger partial charge in [-0.2, -0.15) is 0 Å². The Morgan fingerprint density at radius 1 is 0.286 bits per heavy atom. The van der Waals surface area contributed by atoms with Gasteiger partial charge in [0.1, 0.15) is 0 Å². The van der Waals surface area contributed by atoms with E-state index in [1.807, 2.05) is 0 Å². The van der Waals surface area contributed by atoms with Crippen LogP contribution in [0.1, 0.15) is 0 Å². The minimum Gasteiger partial charge on any atom is -0.0616 e. The fourth-order valence-corrected chi connectivity index (χ4v) is 5.10. The third kappa shape index (κ3) is 1.70. The maximum absolute atomic E-state index is 2.39. The molecule has 0 heteroatoms. The van der Waals surface area contributed by atoms with E-state index in [-0.39, 0.29) is 0 Å². The molecule has 0 amide bonds. The maximum atomic E-state index is 2.39. The number of fused-ring (bicyclic) bond motifs is 6. The van der Waals surface area contributed by atoms with Gasteiger partial charge in [-0.1, -0.05) is 78.9 Å². The average molecular weight is 352 g/mol. The van der Waals surface area contributed by atoms with Crippen molar-refractivity contribution in [3.8, 4) is 0 Å². The van der Waals surface area contributed by atoms with Crippen molar-refractivity contribution in [2.75, 3.05) is 0 Å². The van der Waals surface area contributed by atoms with E-state index in [1.165, 1.54) is 64.6 Å². The Bertz CT molecular complexity index is 1700. The van der Waals surface area contributed by atoms with Crippen molar-refractivity contribution < 1.29 is 0 Å². The lowest BCUT2D eigenvalue weighted by molar-refractivity contribution is 1.79. The lowest BCUT2D eigenvalue weighted by atomic mass is 9.86. The van der Waals surface area contributed by atoms with Crippen LogP contribution in [0, 0.1) is 0 Å². The molecule has 0 N–H and O–H groups in total. The summed E-state index contributed by atoms with van der Waals surface area (Å²) in [4.78, 5) is 0. The van der Waals surface area contributed by atoms with Crippen LogP contribution in [0.4, 0.5) is 0 Å². The summed E-state index contributed by atoms with van der Waals surface area (Å²) in [6.45, 7) is 0. The van der Waals surface area contributed by atoms with Crippen LogP contribution in [0.2, 0.25) is 0 Å². The van der Waals surface area contributed by atoms with Gasteiger partial charge in [-0.3, -0.25) is 0 Å². The maximum Gasteiger partial charge on any atom is -0.00139 e. The Labute approximate surface area is 162 Å². The normalized spacial score (nSPS) is 12.3. The van der Waals surface area contributed by atoms with Gasteiger partial charge < -0.3 is 0 Å². The molecule has 128 valence electrons. The molecule has 0 saturated heterocycles. The van der Waals surface area contributed by atoms with Gasteiger partial charge in [-0.15, -0.1) is 0 Å². The average Bonchev–Trinajstić information content (AvgIpc) is 2.76. The third-order valence-electron chi connectivity index (χ3n) is 6.33. The molecular weight excluding hydrogens is 336 g/mol. The summed E-state index contributed by atoms with van der Waals surface area (Å²) >= 11 is 0. The minimum atomic E-state index is 1.30. The molecule has 0 radical (unpaired) electrons. The van der Waals surface area contributed by atoms with Crippen LogP contribution in [-0.4, -0.2) is 0 Å². The van der Waals surface area contributed by atoms with Crippen LogP contribution in [0.15, 0.2) is 97.1 Å². The zero-order valence-electron chi connectivity index (χ0n) is 15.2. The van der Waals surface area contributed by atoms with Crippen molar-refractivity contribution in [3.63, 3.8) is 0 Å². The zero-order chi connectivity index (χ0) is 18.2. The number of hydrogen-bond donors (Lipinski definition) is 0. The summed E-state index contributed by atoms with van der Waals surface area (Å²) in [6, 6.07) is 35.9. The van der Waals surface area contributed by atoms with Crippen LogP contribution >= 0.6 is 0 Å². The van der Waals surface area contributed by atoms with Gasteiger partial charge in [-0.25, -0.2) is 0 Å². The fraction of sp³-hybridized carbons (Fsp3) is 0.